The summed E-state index contributed by atoms with van der Waals surface area (Å²) in [6.45, 7) is 4.65. The van der Waals surface area contributed by atoms with Crippen molar-refractivity contribution in [1.82, 2.24) is 10.2 Å². The molecule has 1 aliphatic heterocycles. The van der Waals surface area contributed by atoms with Crippen LogP contribution >= 0.6 is 0 Å². The molecule has 1 N–H and O–H groups in total. The van der Waals surface area contributed by atoms with Crippen LogP contribution in [-0.4, -0.2) is 44.2 Å². The van der Waals surface area contributed by atoms with Gasteiger partial charge in [-0.3, -0.25) is 4.79 Å². The number of benzene rings is 2. The molecule has 1 amide bonds. The molecule has 5 nitrogen and oxygen atoms in total. The number of hydrogen-bond donors (Lipinski definition) is 1. The molecule has 1 atom stereocenters. The minimum absolute atomic E-state index is 0.0129. The van der Waals surface area contributed by atoms with Crippen LogP contribution in [0.1, 0.15) is 28.9 Å². The van der Waals surface area contributed by atoms with Crippen molar-refractivity contribution in [2.75, 3.05) is 33.4 Å². The van der Waals surface area contributed by atoms with Crippen LogP contribution in [0.3, 0.4) is 0 Å². The van der Waals surface area contributed by atoms with E-state index in [4.69, 9.17) is 9.47 Å². The average Bonchev–Trinajstić information content (AvgIpc) is 2.68. The van der Waals surface area contributed by atoms with Gasteiger partial charge in [0.25, 0.3) is 5.91 Å². The summed E-state index contributed by atoms with van der Waals surface area (Å²) in [5.41, 5.74) is 1.67. The summed E-state index contributed by atoms with van der Waals surface area (Å²) in [6.07, 6.45) is 0. The minimum Gasteiger partial charge on any atom is -0.496 e. The van der Waals surface area contributed by atoms with Crippen molar-refractivity contribution in [1.29, 1.82) is 0 Å². The lowest BCUT2D eigenvalue weighted by molar-refractivity contribution is 0.0631. The molecule has 5 heteroatoms. The lowest BCUT2D eigenvalue weighted by Gasteiger charge is -2.37. The van der Waals surface area contributed by atoms with E-state index in [2.05, 4.69) is 5.32 Å². The minimum atomic E-state index is -0.0619. The number of nitrogens with one attached hydrogen (secondary N) is 1. The Morgan fingerprint density at radius 3 is 2.88 bits per heavy atom. The highest BCUT2D eigenvalue weighted by Gasteiger charge is 2.30. The summed E-state index contributed by atoms with van der Waals surface area (Å²) >= 11 is 0. The largest absolute Gasteiger partial charge is 0.496 e. The summed E-state index contributed by atoms with van der Waals surface area (Å²) in [6, 6.07) is 15.2. The van der Waals surface area contributed by atoms with E-state index in [9.17, 15) is 4.79 Å². The van der Waals surface area contributed by atoms with E-state index in [1.807, 2.05) is 60.4 Å². The van der Waals surface area contributed by atoms with Crippen molar-refractivity contribution in [2.24, 2.45) is 0 Å². The van der Waals surface area contributed by atoms with Gasteiger partial charge in [-0.15, -0.1) is 0 Å². The fourth-order valence-corrected chi connectivity index (χ4v) is 3.22. The normalized spacial score (nSPS) is 17.2. The molecule has 0 saturated carbocycles. The van der Waals surface area contributed by atoms with Crippen LogP contribution in [0.5, 0.6) is 11.5 Å². The number of carbonyl (C=O) groups excluding carboxylic acids is 1. The Bertz CT molecular complexity index is 732. The maximum absolute atomic E-state index is 13.1. The highest BCUT2D eigenvalue weighted by atomic mass is 16.5. The summed E-state index contributed by atoms with van der Waals surface area (Å²) in [5.74, 6) is 1.54. The SMILES string of the molecule is CCOc1cccc(C(=O)N2CCNCC2c2ccccc2OC)c1. The van der Waals surface area contributed by atoms with Gasteiger partial charge in [-0.2, -0.15) is 0 Å². The van der Waals surface area contributed by atoms with E-state index in [1.54, 1.807) is 7.11 Å². The number of piperazine rings is 1. The Balaban J connectivity index is 1.90. The Morgan fingerprint density at radius 2 is 2.08 bits per heavy atom. The molecule has 25 heavy (non-hydrogen) atoms. The van der Waals surface area contributed by atoms with E-state index < -0.39 is 0 Å². The number of rotatable bonds is 5. The fraction of sp³-hybridized carbons (Fsp3) is 0.350. The Morgan fingerprint density at radius 1 is 1.24 bits per heavy atom. The number of nitrogens with zero attached hydrogens (tertiary/aromatic N) is 1. The van der Waals surface area contributed by atoms with Gasteiger partial charge in [-0.25, -0.2) is 0 Å². The molecule has 2 aromatic rings. The molecule has 0 aromatic heterocycles. The summed E-state index contributed by atoms with van der Waals surface area (Å²) < 4.78 is 11.0. The second kappa shape index (κ2) is 8.03. The zero-order valence-corrected chi connectivity index (χ0v) is 14.7. The number of amides is 1. The maximum atomic E-state index is 13.1. The van der Waals surface area contributed by atoms with Gasteiger partial charge in [-0.1, -0.05) is 24.3 Å². The van der Waals surface area contributed by atoms with E-state index in [0.717, 1.165) is 23.6 Å². The number of hydrogen-bond acceptors (Lipinski definition) is 4. The van der Waals surface area contributed by atoms with E-state index in [0.29, 0.717) is 25.3 Å². The molecule has 1 unspecified atom stereocenters. The first-order valence-corrected chi connectivity index (χ1v) is 8.62. The van der Waals surface area contributed by atoms with Gasteiger partial charge in [0, 0.05) is 30.8 Å². The zero-order valence-electron chi connectivity index (χ0n) is 14.7. The zero-order chi connectivity index (χ0) is 17.6. The van der Waals surface area contributed by atoms with Crippen molar-refractivity contribution >= 4 is 5.91 Å². The summed E-state index contributed by atoms with van der Waals surface area (Å²) in [7, 11) is 1.66. The molecule has 0 bridgehead atoms. The van der Waals surface area contributed by atoms with Gasteiger partial charge in [0.1, 0.15) is 11.5 Å². The molecular weight excluding hydrogens is 316 g/mol. The first-order chi connectivity index (χ1) is 12.2. The van der Waals surface area contributed by atoms with Crippen LogP contribution in [-0.2, 0) is 0 Å². The maximum Gasteiger partial charge on any atom is 0.254 e. The third-order valence-corrected chi connectivity index (χ3v) is 4.39. The number of carbonyl (C=O) groups is 1. The van der Waals surface area contributed by atoms with Gasteiger partial charge >= 0.3 is 0 Å². The molecule has 3 rings (SSSR count). The third-order valence-electron chi connectivity index (χ3n) is 4.39. The van der Waals surface area contributed by atoms with Gasteiger partial charge in [-0.05, 0) is 31.2 Å². The van der Waals surface area contributed by atoms with Gasteiger partial charge in [0.05, 0.1) is 19.8 Å². The van der Waals surface area contributed by atoms with Crippen molar-refractivity contribution < 1.29 is 14.3 Å². The molecule has 1 heterocycles. The molecule has 1 saturated heterocycles. The van der Waals surface area contributed by atoms with Crippen LogP contribution < -0.4 is 14.8 Å². The van der Waals surface area contributed by atoms with Crippen molar-refractivity contribution in [3.05, 3.63) is 59.7 Å². The summed E-state index contributed by atoms with van der Waals surface area (Å²) in [5, 5.41) is 3.38. The first kappa shape index (κ1) is 17.3. The predicted octanol–water partition coefficient (Wildman–Crippen LogP) is 2.88. The molecular formula is C20H24N2O3. The highest BCUT2D eigenvalue weighted by molar-refractivity contribution is 5.95. The molecule has 1 aliphatic rings. The van der Waals surface area contributed by atoms with E-state index >= 15 is 0 Å². The van der Waals surface area contributed by atoms with Crippen molar-refractivity contribution in [3.63, 3.8) is 0 Å². The lowest BCUT2D eigenvalue weighted by Crippen LogP contribution is -2.48. The van der Waals surface area contributed by atoms with Crippen LogP contribution in [0.4, 0.5) is 0 Å². The average molecular weight is 340 g/mol. The molecule has 132 valence electrons. The van der Waals surface area contributed by atoms with Crippen LogP contribution in [0.15, 0.2) is 48.5 Å². The Kier molecular flexibility index (Phi) is 5.56. The molecule has 0 aliphatic carbocycles. The Hall–Kier alpha value is -2.53. The second-order valence-corrected chi connectivity index (χ2v) is 5.92. The van der Waals surface area contributed by atoms with Crippen LogP contribution in [0.25, 0.3) is 0 Å². The van der Waals surface area contributed by atoms with Gasteiger partial charge in [0.15, 0.2) is 0 Å². The molecule has 2 aromatic carbocycles. The molecule has 0 spiro atoms. The van der Waals surface area contributed by atoms with E-state index in [1.165, 1.54) is 0 Å². The topological polar surface area (TPSA) is 50.8 Å². The predicted molar refractivity (Wildman–Crippen MR) is 97.3 cm³/mol. The van der Waals surface area contributed by atoms with Crippen molar-refractivity contribution in [2.45, 2.75) is 13.0 Å². The number of ether oxygens (including phenoxy) is 2. The lowest BCUT2D eigenvalue weighted by atomic mass is 10.0. The summed E-state index contributed by atoms with van der Waals surface area (Å²) in [4.78, 5) is 15.1. The second-order valence-electron chi connectivity index (χ2n) is 5.92. The first-order valence-electron chi connectivity index (χ1n) is 8.62. The van der Waals surface area contributed by atoms with Crippen LogP contribution in [0.2, 0.25) is 0 Å². The van der Waals surface area contributed by atoms with Gasteiger partial charge < -0.3 is 19.7 Å². The number of methoxy groups -OCH3 is 1. The van der Waals surface area contributed by atoms with Crippen molar-refractivity contribution in [3.8, 4) is 11.5 Å². The fourth-order valence-electron chi connectivity index (χ4n) is 3.22. The van der Waals surface area contributed by atoms with Gasteiger partial charge in [0.2, 0.25) is 0 Å². The highest BCUT2D eigenvalue weighted by Crippen LogP contribution is 2.31. The quantitative estimate of drug-likeness (QED) is 0.909. The number of para-hydroxylation sites is 1. The molecule has 1 fully saturated rings. The standard InChI is InChI=1S/C20H24N2O3/c1-3-25-16-8-6-7-15(13-16)20(23)22-12-11-21-14-18(22)17-9-4-5-10-19(17)24-2/h4-10,13,18,21H,3,11-12,14H2,1-2H3. The molecule has 0 radical (unpaired) electrons. The van der Waals surface area contributed by atoms with E-state index in [-0.39, 0.29) is 11.9 Å². The smallest absolute Gasteiger partial charge is 0.254 e. The Labute approximate surface area is 148 Å². The monoisotopic (exact) mass is 340 g/mol. The third kappa shape index (κ3) is 3.77. The van der Waals surface area contributed by atoms with Crippen LogP contribution in [0, 0.1) is 0 Å².